The second-order valence-electron chi connectivity index (χ2n) is 4.10. The highest BCUT2D eigenvalue weighted by Crippen LogP contribution is 2.26. The van der Waals surface area contributed by atoms with Crippen molar-refractivity contribution in [2.45, 2.75) is 25.3 Å². The van der Waals surface area contributed by atoms with Gasteiger partial charge in [-0.1, -0.05) is 0 Å². The first-order valence-corrected chi connectivity index (χ1v) is 5.71. The van der Waals surface area contributed by atoms with E-state index in [9.17, 15) is 0 Å². The summed E-state index contributed by atoms with van der Waals surface area (Å²) in [6.45, 7) is 3.01. The molecule has 1 aromatic heterocycles. The Kier molecular flexibility index (Phi) is 3.79. The van der Waals surface area contributed by atoms with E-state index in [0.717, 1.165) is 37.6 Å². The van der Waals surface area contributed by atoms with Crippen molar-refractivity contribution in [2.75, 3.05) is 32.7 Å². The number of nitrogens with zero attached hydrogens (tertiary/aromatic N) is 2. The predicted octanol–water partition coefficient (Wildman–Crippen LogP) is 1.01. The van der Waals surface area contributed by atoms with Gasteiger partial charge in [-0.25, -0.2) is 4.68 Å². The summed E-state index contributed by atoms with van der Waals surface area (Å²) in [5.41, 5.74) is 7.00. The lowest BCUT2D eigenvalue weighted by atomic mass is 9.97. The van der Waals surface area contributed by atoms with Crippen molar-refractivity contribution in [1.29, 1.82) is 0 Å². The first-order chi connectivity index (χ1) is 7.81. The lowest BCUT2D eigenvalue weighted by molar-refractivity contribution is 0.0843. The number of rotatable bonds is 4. The topological polar surface area (TPSA) is 62.3 Å². The molecule has 90 valence electrons. The molecule has 0 spiro atoms. The van der Waals surface area contributed by atoms with Crippen LogP contribution in [-0.2, 0) is 16.0 Å². The van der Waals surface area contributed by atoms with Gasteiger partial charge in [0.2, 0.25) is 0 Å². The Morgan fingerprint density at radius 2 is 2.31 bits per heavy atom. The summed E-state index contributed by atoms with van der Waals surface area (Å²) >= 11 is 0. The molecule has 0 atom stereocenters. The van der Waals surface area contributed by atoms with Crippen molar-refractivity contribution in [3.63, 3.8) is 0 Å². The van der Waals surface area contributed by atoms with Gasteiger partial charge < -0.3 is 15.2 Å². The van der Waals surface area contributed by atoms with Crippen LogP contribution in [0.3, 0.4) is 0 Å². The van der Waals surface area contributed by atoms with Gasteiger partial charge in [-0.3, -0.25) is 0 Å². The minimum absolute atomic E-state index is 0.500. The molecule has 1 aromatic rings. The molecule has 1 aliphatic rings. The molecule has 5 heteroatoms. The Morgan fingerprint density at radius 3 is 3.00 bits per heavy atom. The van der Waals surface area contributed by atoms with Crippen molar-refractivity contribution in [3.8, 4) is 0 Å². The van der Waals surface area contributed by atoms with Gasteiger partial charge in [-0.2, -0.15) is 5.10 Å². The van der Waals surface area contributed by atoms with Gasteiger partial charge in [0.25, 0.3) is 0 Å². The molecule has 2 heterocycles. The number of anilines is 1. The second-order valence-corrected chi connectivity index (χ2v) is 4.10. The highest BCUT2D eigenvalue weighted by atomic mass is 16.5. The van der Waals surface area contributed by atoms with E-state index >= 15 is 0 Å². The Morgan fingerprint density at radius 1 is 1.56 bits per heavy atom. The standard InChI is InChI=1S/C11H19N3O2/c1-15-7-4-14-11(12)8-10(13-14)9-2-5-16-6-3-9/h8-9H,2-7,12H2,1H3. The fourth-order valence-corrected chi connectivity index (χ4v) is 2.00. The highest BCUT2D eigenvalue weighted by molar-refractivity contribution is 5.32. The van der Waals surface area contributed by atoms with Crippen molar-refractivity contribution in [2.24, 2.45) is 0 Å². The van der Waals surface area contributed by atoms with Crippen LogP contribution in [-0.4, -0.2) is 36.7 Å². The molecule has 2 rings (SSSR count). The second kappa shape index (κ2) is 5.32. The van der Waals surface area contributed by atoms with Gasteiger partial charge in [0, 0.05) is 32.3 Å². The third-order valence-corrected chi connectivity index (χ3v) is 2.98. The lowest BCUT2D eigenvalue weighted by Crippen LogP contribution is -2.15. The normalized spacial score (nSPS) is 17.8. The summed E-state index contributed by atoms with van der Waals surface area (Å²) < 4.78 is 12.2. The van der Waals surface area contributed by atoms with E-state index in [0.29, 0.717) is 19.1 Å². The maximum atomic E-state index is 5.90. The number of nitrogens with two attached hydrogens (primary N) is 1. The average molecular weight is 225 g/mol. The van der Waals surface area contributed by atoms with Crippen molar-refractivity contribution < 1.29 is 9.47 Å². The van der Waals surface area contributed by atoms with Gasteiger partial charge >= 0.3 is 0 Å². The van der Waals surface area contributed by atoms with Crippen LogP contribution in [0.5, 0.6) is 0 Å². The van der Waals surface area contributed by atoms with Crippen molar-refractivity contribution in [1.82, 2.24) is 9.78 Å². The summed E-state index contributed by atoms with van der Waals surface area (Å²) in [7, 11) is 1.68. The van der Waals surface area contributed by atoms with Gasteiger partial charge in [-0.05, 0) is 12.8 Å². The van der Waals surface area contributed by atoms with Gasteiger partial charge in [0.15, 0.2) is 0 Å². The Balaban J connectivity index is 2.03. The van der Waals surface area contributed by atoms with Gasteiger partial charge in [-0.15, -0.1) is 0 Å². The van der Waals surface area contributed by atoms with E-state index < -0.39 is 0 Å². The maximum absolute atomic E-state index is 5.90. The van der Waals surface area contributed by atoms with Crippen molar-refractivity contribution >= 4 is 5.82 Å². The van der Waals surface area contributed by atoms with E-state index in [4.69, 9.17) is 15.2 Å². The summed E-state index contributed by atoms with van der Waals surface area (Å²) in [4.78, 5) is 0. The molecule has 0 aromatic carbocycles. The average Bonchev–Trinajstić information content (AvgIpc) is 2.69. The lowest BCUT2D eigenvalue weighted by Gasteiger charge is -2.19. The molecule has 16 heavy (non-hydrogen) atoms. The van der Waals surface area contributed by atoms with Gasteiger partial charge in [0.1, 0.15) is 5.82 Å². The highest BCUT2D eigenvalue weighted by Gasteiger charge is 2.19. The molecule has 0 amide bonds. The summed E-state index contributed by atoms with van der Waals surface area (Å²) in [5, 5.41) is 4.53. The minimum Gasteiger partial charge on any atom is -0.384 e. The Hall–Kier alpha value is -1.07. The van der Waals surface area contributed by atoms with Crippen LogP contribution < -0.4 is 5.73 Å². The fourth-order valence-electron chi connectivity index (χ4n) is 2.00. The number of aromatic nitrogens is 2. The molecule has 0 unspecified atom stereocenters. The molecule has 2 N–H and O–H groups in total. The molecular weight excluding hydrogens is 206 g/mol. The monoisotopic (exact) mass is 225 g/mol. The first kappa shape index (κ1) is 11.4. The maximum Gasteiger partial charge on any atom is 0.122 e. The van der Waals surface area contributed by atoms with Crippen molar-refractivity contribution in [3.05, 3.63) is 11.8 Å². The van der Waals surface area contributed by atoms with E-state index in [1.165, 1.54) is 0 Å². The zero-order chi connectivity index (χ0) is 11.4. The van der Waals surface area contributed by atoms with E-state index in [1.54, 1.807) is 7.11 Å². The zero-order valence-electron chi connectivity index (χ0n) is 9.69. The molecule has 1 saturated heterocycles. The number of hydrogen-bond donors (Lipinski definition) is 1. The van der Waals surface area contributed by atoms with E-state index in [2.05, 4.69) is 5.10 Å². The van der Waals surface area contributed by atoms with Crippen LogP contribution in [0.2, 0.25) is 0 Å². The molecule has 0 aliphatic carbocycles. The smallest absolute Gasteiger partial charge is 0.122 e. The number of nitrogen functional groups attached to an aromatic ring is 1. The fraction of sp³-hybridized carbons (Fsp3) is 0.727. The molecule has 1 fully saturated rings. The molecule has 0 saturated carbocycles. The SMILES string of the molecule is COCCn1nc(C2CCOCC2)cc1N. The molecule has 1 aliphatic heterocycles. The summed E-state index contributed by atoms with van der Waals surface area (Å²) in [5.74, 6) is 1.22. The predicted molar refractivity (Wildman–Crippen MR) is 61.3 cm³/mol. The third-order valence-electron chi connectivity index (χ3n) is 2.98. The number of methoxy groups -OCH3 is 1. The Labute approximate surface area is 95.5 Å². The number of ether oxygens (including phenoxy) is 2. The van der Waals surface area contributed by atoms with E-state index in [-0.39, 0.29) is 0 Å². The van der Waals surface area contributed by atoms with Crippen LogP contribution in [0.15, 0.2) is 6.07 Å². The summed E-state index contributed by atoms with van der Waals surface area (Å²) in [6, 6.07) is 1.98. The quantitative estimate of drug-likeness (QED) is 0.830. The minimum atomic E-state index is 0.500. The van der Waals surface area contributed by atoms with Gasteiger partial charge in [0.05, 0.1) is 18.8 Å². The van der Waals surface area contributed by atoms with E-state index in [1.807, 2.05) is 10.7 Å². The van der Waals surface area contributed by atoms with Crippen LogP contribution >= 0.6 is 0 Å². The summed E-state index contributed by atoms with van der Waals surface area (Å²) in [6.07, 6.45) is 2.08. The van der Waals surface area contributed by atoms with Crippen LogP contribution in [0, 0.1) is 0 Å². The van der Waals surface area contributed by atoms with Crippen LogP contribution in [0.1, 0.15) is 24.5 Å². The molecule has 5 nitrogen and oxygen atoms in total. The largest absolute Gasteiger partial charge is 0.384 e. The van der Waals surface area contributed by atoms with Crippen LogP contribution in [0.4, 0.5) is 5.82 Å². The number of hydrogen-bond acceptors (Lipinski definition) is 4. The third kappa shape index (κ3) is 2.54. The van der Waals surface area contributed by atoms with Crippen LogP contribution in [0.25, 0.3) is 0 Å². The molecule has 0 bridgehead atoms. The first-order valence-electron chi connectivity index (χ1n) is 5.71. The molecular formula is C11H19N3O2. The zero-order valence-corrected chi connectivity index (χ0v) is 9.69. The molecule has 0 radical (unpaired) electrons. The Bertz CT molecular complexity index is 332.